The van der Waals surface area contributed by atoms with E-state index in [0.717, 1.165) is 16.8 Å². The number of rotatable bonds is 2. The number of amides is 1. The van der Waals surface area contributed by atoms with Crippen molar-refractivity contribution in [2.24, 2.45) is 5.73 Å². The van der Waals surface area contributed by atoms with E-state index in [9.17, 15) is 4.79 Å². The molecule has 2 aromatic carbocycles. The van der Waals surface area contributed by atoms with Crippen molar-refractivity contribution >= 4 is 23.2 Å². The SMILES string of the molecule is C[C@@H](c1ccccc1)N1C(=O)[C@H](N)Cc2ccc(Cl)cc21. The number of anilines is 1. The van der Waals surface area contributed by atoms with Gasteiger partial charge in [0, 0.05) is 10.7 Å². The Morgan fingerprint density at radius 3 is 2.67 bits per heavy atom. The van der Waals surface area contributed by atoms with Crippen molar-refractivity contribution in [3.63, 3.8) is 0 Å². The number of halogens is 1. The Morgan fingerprint density at radius 2 is 1.95 bits per heavy atom. The first-order valence-electron chi connectivity index (χ1n) is 7.00. The molecule has 0 fully saturated rings. The Balaban J connectivity index is 2.08. The lowest BCUT2D eigenvalue weighted by atomic mass is 9.94. The van der Waals surface area contributed by atoms with Gasteiger partial charge in [0.15, 0.2) is 0 Å². The highest BCUT2D eigenvalue weighted by Gasteiger charge is 2.34. The van der Waals surface area contributed by atoms with Gasteiger partial charge >= 0.3 is 0 Å². The Kier molecular flexibility index (Phi) is 3.70. The second-order valence-corrected chi connectivity index (χ2v) is 5.81. The molecule has 0 saturated carbocycles. The molecular weight excluding hydrogens is 284 g/mol. The summed E-state index contributed by atoms with van der Waals surface area (Å²) in [5.74, 6) is -0.0545. The lowest BCUT2D eigenvalue weighted by molar-refractivity contribution is -0.120. The van der Waals surface area contributed by atoms with E-state index in [0.29, 0.717) is 11.4 Å². The van der Waals surface area contributed by atoms with Crippen molar-refractivity contribution in [3.05, 3.63) is 64.7 Å². The molecule has 1 aliphatic heterocycles. The number of nitrogens with two attached hydrogens (primary N) is 1. The van der Waals surface area contributed by atoms with Gasteiger partial charge in [-0.25, -0.2) is 0 Å². The molecule has 0 radical (unpaired) electrons. The molecule has 0 unspecified atom stereocenters. The smallest absolute Gasteiger partial charge is 0.244 e. The summed E-state index contributed by atoms with van der Waals surface area (Å²) in [6.45, 7) is 2.01. The average Bonchev–Trinajstić information content (AvgIpc) is 2.49. The normalized spacial score (nSPS) is 19.3. The van der Waals surface area contributed by atoms with Gasteiger partial charge in [0.05, 0.1) is 12.1 Å². The predicted molar refractivity (Wildman–Crippen MR) is 85.5 cm³/mol. The molecular formula is C17H17ClN2O. The minimum Gasteiger partial charge on any atom is -0.320 e. The molecule has 1 heterocycles. The zero-order valence-corrected chi connectivity index (χ0v) is 12.5. The maximum absolute atomic E-state index is 12.6. The minimum absolute atomic E-state index is 0.0545. The summed E-state index contributed by atoms with van der Waals surface area (Å²) in [7, 11) is 0. The quantitative estimate of drug-likeness (QED) is 0.925. The number of benzene rings is 2. The van der Waals surface area contributed by atoms with Crippen molar-refractivity contribution in [3.8, 4) is 0 Å². The van der Waals surface area contributed by atoms with E-state index in [1.165, 1.54) is 0 Å². The third kappa shape index (κ3) is 2.55. The second kappa shape index (κ2) is 5.51. The number of fused-ring (bicyclic) bond motifs is 1. The molecule has 0 spiro atoms. The zero-order valence-electron chi connectivity index (χ0n) is 11.8. The first-order chi connectivity index (χ1) is 10.1. The summed E-state index contributed by atoms with van der Waals surface area (Å²) in [5.41, 5.74) is 9.02. The molecule has 1 amide bonds. The third-order valence-corrected chi connectivity index (χ3v) is 4.21. The van der Waals surface area contributed by atoms with E-state index in [1.807, 2.05) is 55.5 Å². The summed E-state index contributed by atoms with van der Waals surface area (Å²) in [4.78, 5) is 14.3. The molecule has 2 aromatic rings. The van der Waals surface area contributed by atoms with Crippen LogP contribution in [0.3, 0.4) is 0 Å². The van der Waals surface area contributed by atoms with Gasteiger partial charge in [0.2, 0.25) is 5.91 Å². The van der Waals surface area contributed by atoms with E-state index in [-0.39, 0.29) is 11.9 Å². The van der Waals surface area contributed by atoms with Crippen LogP contribution in [0.1, 0.15) is 24.1 Å². The van der Waals surface area contributed by atoms with E-state index < -0.39 is 6.04 Å². The van der Waals surface area contributed by atoms with Crippen molar-refractivity contribution in [1.82, 2.24) is 0 Å². The van der Waals surface area contributed by atoms with Crippen LogP contribution in [0.4, 0.5) is 5.69 Å². The molecule has 2 N–H and O–H groups in total. The Labute approximate surface area is 129 Å². The molecule has 0 bridgehead atoms. The number of hydrogen-bond acceptors (Lipinski definition) is 2. The zero-order chi connectivity index (χ0) is 15.0. The fourth-order valence-electron chi connectivity index (χ4n) is 2.84. The van der Waals surface area contributed by atoms with Crippen LogP contribution in [-0.2, 0) is 11.2 Å². The summed E-state index contributed by atoms with van der Waals surface area (Å²) < 4.78 is 0. The van der Waals surface area contributed by atoms with Crippen molar-refractivity contribution in [1.29, 1.82) is 0 Å². The van der Waals surface area contributed by atoms with Gasteiger partial charge in [-0.2, -0.15) is 0 Å². The number of carbonyl (C=O) groups is 1. The second-order valence-electron chi connectivity index (χ2n) is 5.38. The van der Waals surface area contributed by atoms with Gasteiger partial charge < -0.3 is 10.6 Å². The molecule has 2 atom stereocenters. The molecule has 0 aromatic heterocycles. The maximum atomic E-state index is 12.6. The van der Waals surface area contributed by atoms with Gasteiger partial charge in [0.1, 0.15) is 0 Å². The minimum atomic E-state index is -0.496. The highest BCUT2D eigenvalue weighted by atomic mass is 35.5. The summed E-state index contributed by atoms with van der Waals surface area (Å²) in [6.07, 6.45) is 0.559. The molecule has 21 heavy (non-hydrogen) atoms. The molecule has 108 valence electrons. The molecule has 3 rings (SSSR count). The number of carbonyl (C=O) groups excluding carboxylic acids is 1. The molecule has 0 saturated heterocycles. The highest BCUT2D eigenvalue weighted by Crippen LogP contribution is 2.36. The van der Waals surface area contributed by atoms with Crippen molar-refractivity contribution < 1.29 is 4.79 Å². The van der Waals surface area contributed by atoms with Crippen molar-refractivity contribution in [2.45, 2.75) is 25.4 Å². The molecule has 4 heteroatoms. The fourth-order valence-corrected chi connectivity index (χ4v) is 3.00. The summed E-state index contributed by atoms with van der Waals surface area (Å²) in [6, 6.07) is 15.0. The summed E-state index contributed by atoms with van der Waals surface area (Å²) >= 11 is 6.11. The van der Waals surface area contributed by atoms with Crippen molar-refractivity contribution in [2.75, 3.05) is 4.90 Å². The monoisotopic (exact) mass is 300 g/mol. The van der Waals surface area contributed by atoms with Crippen LogP contribution in [0.5, 0.6) is 0 Å². The van der Waals surface area contributed by atoms with Crippen LogP contribution in [0.25, 0.3) is 0 Å². The molecule has 3 nitrogen and oxygen atoms in total. The van der Waals surface area contributed by atoms with Crippen LogP contribution in [-0.4, -0.2) is 11.9 Å². The van der Waals surface area contributed by atoms with Gasteiger partial charge in [0.25, 0.3) is 0 Å². The van der Waals surface area contributed by atoms with E-state index in [4.69, 9.17) is 17.3 Å². The van der Waals surface area contributed by atoms with Gasteiger partial charge in [-0.15, -0.1) is 0 Å². The maximum Gasteiger partial charge on any atom is 0.244 e. The highest BCUT2D eigenvalue weighted by molar-refractivity contribution is 6.31. The van der Waals surface area contributed by atoms with Gasteiger partial charge in [-0.05, 0) is 36.6 Å². The van der Waals surface area contributed by atoms with E-state index in [1.54, 1.807) is 4.90 Å². The number of hydrogen-bond donors (Lipinski definition) is 1. The van der Waals surface area contributed by atoms with Crippen LogP contribution in [0.2, 0.25) is 5.02 Å². The number of nitrogens with zero attached hydrogens (tertiary/aromatic N) is 1. The van der Waals surface area contributed by atoms with Crippen LogP contribution >= 0.6 is 11.6 Å². The van der Waals surface area contributed by atoms with E-state index in [2.05, 4.69) is 0 Å². The standard InChI is InChI=1S/C17H17ClN2O/c1-11(12-5-3-2-4-6-12)20-16-10-14(18)8-7-13(16)9-15(19)17(20)21/h2-8,10-11,15H,9,19H2,1H3/t11-,15+/m0/s1. The van der Waals surface area contributed by atoms with Crippen LogP contribution in [0, 0.1) is 0 Å². The third-order valence-electron chi connectivity index (χ3n) is 3.97. The van der Waals surface area contributed by atoms with Gasteiger partial charge in [-0.3, -0.25) is 4.79 Å². The first kappa shape index (κ1) is 14.1. The Hall–Kier alpha value is -1.84. The lowest BCUT2D eigenvalue weighted by Crippen LogP contribution is -2.49. The average molecular weight is 301 g/mol. The molecule has 1 aliphatic rings. The summed E-state index contributed by atoms with van der Waals surface area (Å²) in [5, 5.41) is 0.627. The first-order valence-corrected chi connectivity index (χ1v) is 7.38. The molecule has 0 aliphatic carbocycles. The van der Waals surface area contributed by atoms with Crippen LogP contribution in [0.15, 0.2) is 48.5 Å². The van der Waals surface area contributed by atoms with E-state index >= 15 is 0 Å². The topological polar surface area (TPSA) is 46.3 Å². The van der Waals surface area contributed by atoms with Crippen LogP contribution < -0.4 is 10.6 Å². The lowest BCUT2D eigenvalue weighted by Gasteiger charge is -2.37. The Morgan fingerprint density at radius 1 is 1.24 bits per heavy atom. The fraction of sp³-hybridized carbons (Fsp3) is 0.235. The van der Waals surface area contributed by atoms with Gasteiger partial charge in [-0.1, -0.05) is 48.0 Å². The Bertz CT molecular complexity index is 672. The predicted octanol–water partition coefficient (Wildman–Crippen LogP) is 3.32. The largest absolute Gasteiger partial charge is 0.320 e.